The van der Waals surface area contributed by atoms with Crippen LogP contribution >= 0.6 is 11.8 Å². The molecule has 0 atom stereocenters. The van der Waals surface area contributed by atoms with Crippen LogP contribution in [0.2, 0.25) is 0 Å². The number of benzene rings is 7. The summed E-state index contributed by atoms with van der Waals surface area (Å²) in [5.41, 5.74) is 12.4. The third kappa shape index (κ3) is 4.52. The van der Waals surface area contributed by atoms with Crippen LogP contribution in [0.15, 0.2) is 180 Å². The number of hydrogen-bond acceptors (Lipinski definition) is 5. The quantitative estimate of drug-likeness (QED) is 0.185. The molecule has 1 aliphatic carbocycles. The maximum atomic E-state index is 9.86. The van der Waals surface area contributed by atoms with Crippen LogP contribution in [0.3, 0.4) is 0 Å². The molecular formula is C47H28N4S. The fourth-order valence-corrected chi connectivity index (χ4v) is 9.47. The second kappa shape index (κ2) is 12.0. The molecule has 4 nitrogen and oxygen atoms in total. The highest BCUT2D eigenvalue weighted by atomic mass is 32.2. The first-order valence-corrected chi connectivity index (χ1v) is 18.1. The lowest BCUT2D eigenvalue weighted by Crippen LogP contribution is -2.32. The fourth-order valence-electron chi connectivity index (χ4n) is 8.04. The van der Waals surface area contributed by atoms with E-state index in [1.807, 2.05) is 78.9 Å². The minimum atomic E-state index is -0.598. The average Bonchev–Trinajstić information content (AvgIpc) is 3.51. The Bertz CT molecular complexity index is 2630. The van der Waals surface area contributed by atoms with E-state index in [-0.39, 0.29) is 0 Å². The van der Waals surface area contributed by atoms with Crippen molar-refractivity contribution in [1.82, 2.24) is 15.0 Å². The topological polar surface area (TPSA) is 62.5 Å². The maximum absolute atomic E-state index is 9.86. The Hall–Kier alpha value is -6.61. The average molecular weight is 681 g/mol. The summed E-state index contributed by atoms with van der Waals surface area (Å²) in [6.07, 6.45) is 0. The summed E-state index contributed by atoms with van der Waals surface area (Å²) in [6.45, 7) is 0. The summed E-state index contributed by atoms with van der Waals surface area (Å²) in [5.74, 6) is 1.88. The van der Waals surface area contributed by atoms with Gasteiger partial charge in [-0.3, -0.25) is 0 Å². The standard InChI is InChI=1S/C47H28N4S/c48-29-30-14-11-19-33(28-30)34-22-12-26-40-42(34)52-43-37(46-50-44(31-15-3-1-4-16-31)49-45(51-46)32-17-5-2-6-18-32)23-13-27-41(43)47(40)38-24-9-7-20-35(38)36-21-8-10-25-39(36)47/h1-28H. The van der Waals surface area contributed by atoms with E-state index in [0.717, 1.165) is 37.6 Å². The molecule has 7 aromatic carbocycles. The number of nitriles is 1. The lowest BCUT2D eigenvalue weighted by atomic mass is 9.66. The number of nitrogens with zero attached hydrogens (tertiary/aromatic N) is 4. The van der Waals surface area contributed by atoms with Gasteiger partial charge in [0.25, 0.3) is 0 Å². The molecule has 52 heavy (non-hydrogen) atoms. The molecule has 0 radical (unpaired) electrons. The van der Waals surface area contributed by atoms with E-state index in [1.165, 1.54) is 33.4 Å². The highest BCUT2D eigenvalue weighted by Gasteiger charge is 2.51. The van der Waals surface area contributed by atoms with Crippen LogP contribution < -0.4 is 0 Å². The Balaban J connectivity index is 1.30. The maximum Gasteiger partial charge on any atom is 0.165 e. The summed E-state index contributed by atoms with van der Waals surface area (Å²) in [6, 6.07) is 61.4. The summed E-state index contributed by atoms with van der Waals surface area (Å²) in [4.78, 5) is 17.7. The molecule has 0 fully saturated rings. The molecule has 0 bridgehead atoms. The van der Waals surface area contributed by atoms with E-state index < -0.39 is 5.41 Å². The minimum absolute atomic E-state index is 0.598. The second-order valence-electron chi connectivity index (χ2n) is 13.0. The highest BCUT2D eigenvalue weighted by Crippen LogP contribution is 2.64. The minimum Gasteiger partial charge on any atom is -0.208 e. The van der Waals surface area contributed by atoms with Crippen LogP contribution in [0.4, 0.5) is 0 Å². The van der Waals surface area contributed by atoms with Gasteiger partial charge in [0.15, 0.2) is 17.5 Å². The van der Waals surface area contributed by atoms with Crippen molar-refractivity contribution in [3.05, 3.63) is 198 Å². The second-order valence-corrected chi connectivity index (χ2v) is 14.1. The van der Waals surface area contributed by atoms with Crippen LogP contribution in [-0.2, 0) is 5.41 Å². The molecule has 5 heteroatoms. The molecule has 0 unspecified atom stereocenters. The van der Waals surface area contributed by atoms with Crippen molar-refractivity contribution in [3.63, 3.8) is 0 Å². The van der Waals surface area contributed by atoms with Crippen molar-refractivity contribution in [2.24, 2.45) is 0 Å². The van der Waals surface area contributed by atoms with Gasteiger partial charge in [-0.05, 0) is 56.6 Å². The predicted octanol–water partition coefficient (Wildman–Crippen LogP) is 11.2. The van der Waals surface area contributed by atoms with Crippen LogP contribution in [0.5, 0.6) is 0 Å². The Kier molecular flexibility index (Phi) is 6.99. The van der Waals surface area contributed by atoms with Gasteiger partial charge in [-0.25, -0.2) is 15.0 Å². The first-order valence-electron chi connectivity index (χ1n) is 17.3. The lowest BCUT2D eigenvalue weighted by Gasteiger charge is -2.41. The van der Waals surface area contributed by atoms with Gasteiger partial charge in [0.2, 0.25) is 0 Å². The van der Waals surface area contributed by atoms with E-state index in [9.17, 15) is 5.26 Å². The van der Waals surface area contributed by atoms with Gasteiger partial charge in [0, 0.05) is 26.5 Å². The van der Waals surface area contributed by atoms with Gasteiger partial charge in [-0.1, -0.05) is 169 Å². The molecule has 0 amide bonds. The van der Waals surface area contributed by atoms with E-state index >= 15 is 0 Å². The normalized spacial score (nSPS) is 13.1. The molecule has 0 saturated carbocycles. The Morgan fingerprint density at radius 1 is 0.404 bits per heavy atom. The summed E-state index contributed by atoms with van der Waals surface area (Å²) < 4.78 is 0. The summed E-state index contributed by atoms with van der Waals surface area (Å²) >= 11 is 1.77. The van der Waals surface area contributed by atoms with Crippen LogP contribution in [0.25, 0.3) is 56.4 Å². The Morgan fingerprint density at radius 3 is 1.44 bits per heavy atom. The Labute approximate surface area is 306 Å². The zero-order valence-electron chi connectivity index (χ0n) is 27.9. The number of hydrogen-bond donors (Lipinski definition) is 0. The molecule has 0 saturated heterocycles. The molecule has 1 aliphatic heterocycles. The van der Waals surface area contributed by atoms with Crippen LogP contribution in [0, 0.1) is 11.3 Å². The third-order valence-corrected chi connectivity index (χ3v) is 11.5. The molecule has 2 heterocycles. The number of fused-ring (bicyclic) bond motifs is 9. The van der Waals surface area contributed by atoms with Gasteiger partial charge < -0.3 is 0 Å². The van der Waals surface area contributed by atoms with Gasteiger partial charge in [-0.15, -0.1) is 0 Å². The van der Waals surface area contributed by atoms with Crippen LogP contribution in [-0.4, -0.2) is 15.0 Å². The third-order valence-electron chi connectivity index (χ3n) is 10.2. The fraction of sp³-hybridized carbons (Fsp3) is 0.0213. The van der Waals surface area contributed by atoms with E-state index in [4.69, 9.17) is 15.0 Å². The van der Waals surface area contributed by atoms with E-state index in [2.05, 4.69) is 97.1 Å². The summed E-state index contributed by atoms with van der Waals surface area (Å²) in [5, 5.41) is 9.86. The van der Waals surface area contributed by atoms with Crippen molar-refractivity contribution in [3.8, 4) is 62.5 Å². The largest absolute Gasteiger partial charge is 0.208 e. The Morgan fingerprint density at radius 2 is 0.846 bits per heavy atom. The molecule has 1 aromatic heterocycles. The van der Waals surface area contributed by atoms with Crippen molar-refractivity contribution in [1.29, 1.82) is 5.26 Å². The highest BCUT2D eigenvalue weighted by molar-refractivity contribution is 7.99. The van der Waals surface area contributed by atoms with Gasteiger partial charge in [0.1, 0.15) is 0 Å². The first-order chi connectivity index (χ1) is 25.7. The van der Waals surface area contributed by atoms with E-state index in [1.54, 1.807) is 11.8 Å². The number of aromatic nitrogens is 3. The molecule has 1 spiro atoms. The van der Waals surface area contributed by atoms with Gasteiger partial charge >= 0.3 is 0 Å². The van der Waals surface area contributed by atoms with Crippen molar-refractivity contribution < 1.29 is 0 Å². The zero-order valence-corrected chi connectivity index (χ0v) is 28.7. The van der Waals surface area contributed by atoms with Crippen molar-refractivity contribution >= 4 is 11.8 Å². The van der Waals surface area contributed by atoms with Crippen molar-refractivity contribution in [2.75, 3.05) is 0 Å². The molecule has 2 aliphatic rings. The number of rotatable bonds is 4. The SMILES string of the molecule is N#Cc1cccc(-c2cccc3c2Sc2c(-c4nc(-c5ccccc5)nc(-c5ccccc5)n4)cccc2C32c3ccccc3-c3ccccc32)c1. The van der Waals surface area contributed by atoms with E-state index in [0.29, 0.717) is 23.0 Å². The van der Waals surface area contributed by atoms with Gasteiger partial charge in [-0.2, -0.15) is 5.26 Å². The zero-order chi connectivity index (χ0) is 34.6. The lowest BCUT2D eigenvalue weighted by molar-refractivity contribution is 0.723. The van der Waals surface area contributed by atoms with Gasteiger partial charge in [0.05, 0.1) is 17.0 Å². The molecule has 242 valence electrons. The monoisotopic (exact) mass is 680 g/mol. The van der Waals surface area contributed by atoms with Crippen LogP contribution in [0.1, 0.15) is 27.8 Å². The molecule has 0 N–H and O–H groups in total. The summed E-state index contributed by atoms with van der Waals surface area (Å²) in [7, 11) is 0. The van der Waals surface area contributed by atoms with Crippen molar-refractivity contribution in [2.45, 2.75) is 15.2 Å². The first kappa shape index (κ1) is 30.2. The molecule has 8 aromatic rings. The molecular weight excluding hydrogens is 653 g/mol. The molecule has 10 rings (SSSR count). The smallest absolute Gasteiger partial charge is 0.165 e. The predicted molar refractivity (Wildman–Crippen MR) is 208 cm³/mol.